The molecule has 3 nitrogen and oxygen atoms in total. The quantitative estimate of drug-likeness (QED) is 0.618. The molecule has 0 atom stereocenters. The summed E-state index contributed by atoms with van der Waals surface area (Å²) in [6.07, 6.45) is 9.53. The smallest absolute Gasteiger partial charge is 0.124 e. The number of terminal acetylenes is 1. The number of nitrogens with one attached hydrogen (secondary N) is 1. The van der Waals surface area contributed by atoms with Gasteiger partial charge in [0, 0.05) is 43.0 Å². The number of nitrogens with zero attached hydrogens (tertiary/aromatic N) is 1. The van der Waals surface area contributed by atoms with Crippen LogP contribution in [0.5, 0.6) is 5.75 Å². The van der Waals surface area contributed by atoms with Crippen molar-refractivity contribution in [2.75, 3.05) is 6.54 Å². The number of ether oxygens (including phenoxy) is 1. The first-order valence-corrected chi connectivity index (χ1v) is 6.64. The van der Waals surface area contributed by atoms with Crippen molar-refractivity contribution in [2.45, 2.75) is 19.6 Å². The lowest BCUT2D eigenvalue weighted by Crippen LogP contribution is -2.15. The molecule has 0 aliphatic carbocycles. The Morgan fingerprint density at radius 1 is 1.20 bits per heavy atom. The Balaban J connectivity index is 1.92. The Morgan fingerprint density at radius 3 is 2.90 bits per heavy atom. The van der Waals surface area contributed by atoms with Gasteiger partial charge in [-0.15, -0.1) is 12.3 Å². The van der Waals surface area contributed by atoms with Crippen LogP contribution in [0.1, 0.15) is 17.5 Å². The summed E-state index contributed by atoms with van der Waals surface area (Å²) in [5, 5.41) is 3.31. The largest absolute Gasteiger partial charge is 0.489 e. The normalized spacial score (nSPS) is 9.95. The molecule has 3 heteroatoms. The number of aromatic nitrogens is 1. The topological polar surface area (TPSA) is 34.1 Å². The maximum Gasteiger partial charge on any atom is 0.124 e. The van der Waals surface area contributed by atoms with E-state index in [1.54, 1.807) is 6.20 Å². The van der Waals surface area contributed by atoms with Gasteiger partial charge in [0.15, 0.2) is 0 Å². The summed E-state index contributed by atoms with van der Waals surface area (Å²) in [5.74, 6) is 3.51. The van der Waals surface area contributed by atoms with Crippen LogP contribution in [-0.4, -0.2) is 11.5 Å². The van der Waals surface area contributed by atoms with Crippen LogP contribution in [0.4, 0.5) is 0 Å². The highest BCUT2D eigenvalue weighted by molar-refractivity contribution is 5.33. The molecule has 1 N–H and O–H groups in total. The van der Waals surface area contributed by atoms with Gasteiger partial charge >= 0.3 is 0 Å². The van der Waals surface area contributed by atoms with Gasteiger partial charge in [-0.25, -0.2) is 0 Å². The summed E-state index contributed by atoms with van der Waals surface area (Å²) in [6.45, 7) is 2.09. The predicted octanol–water partition coefficient (Wildman–Crippen LogP) is 2.77. The molecule has 1 aromatic carbocycles. The Labute approximate surface area is 120 Å². The number of hydrogen-bond donors (Lipinski definition) is 1. The number of pyridine rings is 1. The van der Waals surface area contributed by atoms with Crippen LogP contribution in [0.2, 0.25) is 0 Å². The van der Waals surface area contributed by atoms with Gasteiger partial charge in [0.25, 0.3) is 0 Å². The van der Waals surface area contributed by atoms with E-state index in [2.05, 4.69) is 22.3 Å². The predicted molar refractivity (Wildman–Crippen MR) is 80.2 cm³/mol. The minimum Gasteiger partial charge on any atom is -0.489 e. The van der Waals surface area contributed by atoms with Crippen LogP contribution in [0.3, 0.4) is 0 Å². The van der Waals surface area contributed by atoms with Gasteiger partial charge in [0.05, 0.1) is 0 Å². The fraction of sp³-hybridized carbons (Fsp3) is 0.235. The molecule has 0 radical (unpaired) electrons. The van der Waals surface area contributed by atoms with E-state index in [-0.39, 0.29) is 0 Å². The number of hydrogen-bond acceptors (Lipinski definition) is 3. The van der Waals surface area contributed by atoms with Gasteiger partial charge in [-0.05, 0) is 12.1 Å². The molecule has 0 saturated heterocycles. The van der Waals surface area contributed by atoms with E-state index in [0.717, 1.165) is 36.4 Å². The van der Waals surface area contributed by atoms with Crippen molar-refractivity contribution in [1.29, 1.82) is 0 Å². The van der Waals surface area contributed by atoms with E-state index >= 15 is 0 Å². The number of benzene rings is 1. The summed E-state index contributed by atoms with van der Waals surface area (Å²) in [4.78, 5) is 4.08. The van der Waals surface area contributed by atoms with Crippen molar-refractivity contribution in [3.05, 3.63) is 59.9 Å². The summed E-state index contributed by atoms with van der Waals surface area (Å²) in [6, 6.07) is 11.9. The van der Waals surface area contributed by atoms with Crippen molar-refractivity contribution in [3.8, 4) is 18.1 Å². The van der Waals surface area contributed by atoms with Gasteiger partial charge in [-0.1, -0.05) is 24.3 Å². The zero-order chi connectivity index (χ0) is 14.0. The summed E-state index contributed by atoms with van der Waals surface area (Å²) in [7, 11) is 0. The molecular formula is C17H18N2O. The van der Waals surface area contributed by atoms with E-state index in [1.807, 2.05) is 36.5 Å². The highest BCUT2D eigenvalue weighted by Gasteiger charge is 2.03. The molecule has 1 heterocycles. The second kappa shape index (κ2) is 7.98. The molecule has 1 aromatic heterocycles. The van der Waals surface area contributed by atoms with Crippen molar-refractivity contribution in [1.82, 2.24) is 10.3 Å². The highest BCUT2D eigenvalue weighted by Crippen LogP contribution is 2.19. The molecule has 20 heavy (non-hydrogen) atoms. The van der Waals surface area contributed by atoms with Crippen molar-refractivity contribution in [2.24, 2.45) is 0 Å². The molecule has 0 fully saturated rings. The second-order valence-corrected chi connectivity index (χ2v) is 4.39. The lowest BCUT2D eigenvalue weighted by molar-refractivity contribution is 0.301. The molecule has 0 aliphatic rings. The first-order valence-electron chi connectivity index (χ1n) is 6.64. The van der Waals surface area contributed by atoms with Crippen LogP contribution in [0.15, 0.2) is 48.8 Å². The zero-order valence-electron chi connectivity index (χ0n) is 11.4. The number of para-hydroxylation sites is 1. The highest BCUT2D eigenvalue weighted by atomic mass is 16.5. The zero-order valence-corrected chi connectivity index (χ0v) is 11.4. The molecule has 0 saturated carbocycles. The van der Waals surface area contributed by atoms with Crippen LogP contribution in [0.25, 0.3) is 0 Å². The molecule has 2 rings (SSSR count). The third-order valence-electron chi connectivity index (χ3n) is 2.85. The molecule has 0 bridgehead atoms. The van der Waals surface area contributed by atoms with Crippen LogP contribution >= 0.6 is 0 Å². The lowest BCUT2D eigenvalue weighted by Gasteiger charge is -2.11. The molecule has 0 unspecified atom stereocenters. The Kier molecular flexibility index (Phi) is 5.63. The maximum absolute atomic E-state index is 5.86. The van der Waals surface area contributed by atoms with E-state index in [0.29, 0.717) is 6.61 Å². The minimum atomic E-state index is 0.523. The Hall–Kier alpha value is -2.31. The van der Waals surface area contributed by atoms with Crippen LogP contribution in [0, 0.1) is 12.3 Å². The average Bonchev–Trinajstić information content (AvgIpc) is 2.51. The van der Waals surface area contributed by atoms with Crippen molar-refractivity contribution in [3.63, 3.8) is 0 Å². The maximum atomic E-state index is 5.86. The molecule has 0 aliphatic heterocycles. The van der Waals surface area contributed by atoms with Gasteiger partial charge < -0.3 is 10.1 Å². The van der Waals surface area contributed by atoms with E-state index in [4.69, 9.17) is 11.2 Å². The number of rotatable bonds is 7. The van der Waals surface area contributed by atoms with Gasteiger partial charge in [0.1, 0.15) is 12.4 Å². The average molecular weight is 266 g/mol. The van der Waals surface area contributed by atoms with Gasteiger partial charge in [-0.2, -0.15) is 0 Å². The lowest BCUT2D eigenvalue weighted by atomic mass is 10.2. The molecule has 0 amide bonds. The van der Waals surface area contributed by atoms with E-state index in [1.165, 1.54) is 0 Å². The van der Waals surface area contributed by atoms with Crippen LogP contribution in [-0.2, 0) is 13.2 Å². The fourth-order valence-electron chi connectivity index (χ4n) is 1.82. The first kappa shape index (κ1) is 14.1. The third-order valence-corrected chi connectivity index (χ3v) is 2.85. The van der Waals surface area contributed by atoms with Crippen molar-refractivity contribution >= 4 is 0 Å². The van der Waals surface area contributed by atoms with Crippen molar-refractivity contribution < 1.29 is 4.74 Å². The summed E-state index contributed by atoms with van der Waals surface area (Å²) in [5.41, 5.74) is 2.19. The molecular weight excluding hydrogens is 248 g/mol. The summed E-state index contributed by atoms with van der Waals surface area (Å²) >= 11 is 0. The molecule has 2 aromatic rings. The Bertz CT molecular complexity index is 561. The van der Waals surface area contributed by atoms with Gasteiger partial charge in [0.2, 0.25) is 0 Å². The van der Waals surface area contributed by atoms with E-state index in [9.17, 15) is 0 Å². The molecule has 102 valence electrons. The standard InChI is InChI=1S/C17H18N2O/c1-2-3-10-19-13-16-8-4-5-9-17(16)20-14-15-7-6-11-18-12-15/h1,4-9,11-12,19H,3,10,13-14H2. The third kappa shape index (κ3) is 4.42. The fourth-order valence-corrected chi connectivity index (χ4v) is 1.82. The monoisotopic (exact) mass is 266 g/mol. The first-order chi connectivity index (χ1) is 9.90. The van der Waals surface area contributed by atoms with Gasteiger partial charge in [-0.3, -0.25) is 4.98 Å². The van der Waals surface area contributed by atoms with Crippen LogP contribution < -0.4 is 10.1 Å². The van der Waals surface area contributed by atoms with E-state index < -0.39 is 0 Å². The molecule has 0 spiro atoms. The second-order valence-electron chi connectivity index (χ2n) is 4.39. The Morgan fingerprint density at radius 2 is 2.10 bits per heavy atom. The SMILES string of the molecule is C#CCCNCc1ccccc1OCc1cccnc1. The summed E-state index contributed by atoms with van der Waals surface area (Å²) < 4.78 is 5.86. The minimum absolute atomic E-state index is 0.523.